The summed E-state index contributed by atoms with van der Waals surface area (Å²) in [7, 11) is 0. The van der Waals surface area contributed by atoms with E-state index in [9.17, 15) is 9.59 Å². The van der Waals surface area contributed by atoms with Crippen LogP contribution < -0.4 is 10.9 Å². The molecule has 1 fully saturated rings. The molecule has 2 aromatic rings. The maximum absolute atomic E-state index is 12.2. The highest BCUT2D eigenvalue weighted by molar-refractivity contribution is 5.80. The monoisotopic (exact) mass is 355 g/mol. The number of rotatable bonds is 6. The minimum atomic E-state index is -0.0968. The number of H-pyrrole nitrogens is 1. The zero-order chi connectivity index (χ0) is 18.4. The number of fused-ring (bicyclic) bond motifs is 1. The van der Waals surface area contributed by atoms with Gasteiger partial charge in [-0.1, -0.05) is 25.0 Å². The van der Waals surface area contributed by atoms with Crippen LogP contribution in [-0.4, -0.2) is 42.0 Å². The zero-order valence-corrected chi connectivity index (χ0v) is 15.6. The summed E-state index contributed by atoms with van der Waals surface area (Å²) < 4.78 is 0. The molecule has 1 saturated heterocycles. The molecule has 0 atom stereocenters. The highest BCUT2D eigenvalue weighted by Crippen LogP contribution is 2.13. The van der Waals surface area contributed by atoms with Crippen LogP contribution in [-0.2, 0) is 11.2 Å². The molecule has 0 aliphatic carbocycles. The van der Waals surface area contributed by atoms with Gasteiger partial charge in [-0.2, -0.15) is 0 Å². The molecule has 140 valence electrons. The van der Waals surface area contributed by atoms with Crippen molar-refractivity contribution in [3.8, 4) is 0 Å². The molecule has 0 unspecified atom stereocenters. The second-order valence-corrected chi connectivity index (χ2v) is 7.32. The van der Waals surface area contributed by atoms with E-state index in [-0.39, 0.29) is 11.5 Å². The quantitative estimate of drug-likeness (QED) is 0.837. The topological polar surface area (TPSA) is 65.2 Å². The van der Waals surface area contributed by atoms with Gasteiger partial charge in [-0.05, 0) is 62.4 Å². The van der Waals surface area contributed by atoms with E-state index in [0.29, 0.717) is 24.9 Å². The van der Waals surface area contributed by atoms with Crippen molar-refractivity contribution < 1.29 is 4.79 Å². The molecule has 2 N–H and O–H groups in total. The normalized spacial score (nSPS) is 15.7. The van der Waals surface area contributed by atoms with Gasteiger partial charge in [0.1, 0.15) is 0 Å². The van der Waals surface area contributed by atoms with Gasteiger partial charge in [-0.15, -0.1) is 0 Å². The number of amides is 1. The van der Waals surface area contributed by atoms with Crippen LogP contribution in [0.2, 0.25) is 0 Å². The lowest BCUT2D eigenvalue weighted by Gasteiger charge is -2.19. The SMILES string of the molecule is Cc1ccc2cc(CCC(=O)NCCN3CCCCCC3)c(=O)[nH]c2c1. The highest BCUT2D eigenvalue weighted by atomic mass is 16.1. The largest absolute Gasteiger partial charge is 0.355 e. The fourth-order valence-corrected chi connectivity index (χ4v) is 3.60. The maximum Gasteiger partial charge on any atom is 0.251 e. The Labute approximate surface area is 154 Å². The van der Waals surface area contributed by atoms with Gasteiger partial charge in [0.25, 0.3) is 5.56 Å². The third kappa shape index (κ3) is 5.18. The molecule has 2 heterocycles. The molecule has 0 saturated carbocycles. The van der Waals surface area contributed by atoms with Crippen molar-refractivity contribution in [3.63, 3.8) is 0 Å². The third-order valence-electron chi connectivity index (χ3n) is 5.15. The molecule has 5 nitrogen and oxygen atoms in total. The van der Waals surface area contributed by atoms with Gasteiger partial charge < -0.3 is 15.2 Å². The Balaban J connectivity index is 1.48. The summed E-state index contributed by atoms with van der Waals surface area (Å²) >= 11 is 0. The summed E-state index contributed by atoms with van der Waals surface area (Å²) in [6.45, 7) is 5.89. The number of nitrogens with zero attached hydrogens (tertiary/aromatic N) is 1. The molecular formula is C21H29N3O2. The van der Waals surface area contributed by atoms with E-state index in [1.165, 1.54) is 25.7 Å². The van der Waals surface area contributed by atoms with E-state index in [1.807, 2.05) is 31.2 Å². The van der Waals surface area contributed by atoms with Gasteiger partial charge in [0.2, 0.25) is 5.91 Å². The fraction of sp³-hybridized carbons (Fsp3) is 0.524. The lowest BCUT2D eigenvalue weighted by Crippen LogP contribution is -2.35. The van der Waals surface area contributed by atoms with Crippen LogP contribution in [0.1, 0.15) is 43.2 Å². The first-order chi connectivity index (χ1) is 12.6. The van der Waals surface area contributed by atoms with E-state index in [0.717, 1.165) is 36.1 Å². The van der Waals surface area contributed by atoms with Crippen LogP contribution >= 0.6 is 0 Å². The van der Waals surface area contributed by atoms with Crippen LogP contribution in [0, 0.1) is 6.92 Å². The zero-order valence-electron chi connectivity index (χ0n) is 15.6. The number of hydrogen-bond acceptors (Lipinski definition) is 3. The lowest BCUT2D eigenvalue weighted by atomic mass is 10.1. The molecule has 1 aliphatic rings. The number of carbonyl (C=O) groups is 1. The average Bonchev–Trinajstić information content (AvgIpc) is 2.89. The van der Waals surface area contributed by atoms with Gasteiger partial charge in [-0.3, -0.25) is 9.59 Å². The van der Waals surface area contributed by atoms with E-state index < -0.39 is 0 Å². The van der Waals surface area contributed by atoms with Crippen molar-refractivity contribution in [2.75, 3.05) is 26.2 Å². The lowest BCUT2D eigenvalue weighted by molar-refractivity contribution is -0.121. The molecule has 3 rings (SSSR count). The predicted octanol–water partition coefficient (Wildman–Crippen LogP) is 2.76. The molecule has 26 heavy (non-hydrogen) atoms. The van der Waals surface area contributed by atoms with E-state index >= 15 is 0 Å². The third-order valence-corrected chi connectivity index (χ3v) is 5.15. The Bertz CT molecular complexity index is 804. The average molecular weight is 355 g/mol. The molecule has 5 heteroatoms. The molecule has 1 aromatic carbocycles. The second-order valence-electron chi connectivity index (χ2n) is 7.32. The second kappa shape index (κ2) is 8.99. The van der Waals surface area contributed by atoms with Crippen molar-refractivity contribution in [1.82, 2.24) is 15.2 Å². The number of aromatic amines is 1. The van der Waals surface area contributed by atoms with Crippen molar-refractivity contribution >= 4 is 16.8 Å². The van der Waals surface area contributed by atoms with E-state index in [1.54, 1.807) is 0 Å². The number of likely N-dealkylation sites (tertiary alicyclic amines) is 1. The maximum atomic E-state index is 12.2. The Kier molecular flexibility index (Phi) is 6.45. The number of nitrogens with one attached hydrogen (secondary N) is 2. The highest BCUT2D eigenvalue weighted by Gasteiger charge is 2.10. The summed E-state index contributed by atoms with van der Waals surface area (Å²) in [5, 5.41) is 4.00. The van der Waals surface area contributed by atoms with E-state index in [4.69, 9.17) is 0 Å². The Morgan fingerprint density at radius 1 is 1.15 bits per heavy atom. The summed E-state index contributed by atoms with van der Waals surface area (Å²) in [4.78, 5) is 29.7. The van der Waals surface area contributed by atoms with Crippen molar-refractivity contribution in [2.45, 2.75) is 45.4 Å². The first-order valence-electron chi connectivity index (χ1n) is 9.73. The number of pyridine rings is 1. The number of hydrogen-bond donors (Lipinski definition) is 2. The van der Waals surface area contributed by atoms with Gasteiger partial charge >= 0.3 is 0 Å². The number of aromatic nitrogens is 1. The molecule has 0 bridgehead atoms. The Morgan fingerprint density at radius 3 is 2.69 bits per heavy atom. The minimum Gasteiger partial charge on any atom is -0.355 e. The van der Waals surface area contributed by atoms with Crippen molar-refractivity contribution in [3.05, 3.63) is 45.7 Å². The molecule has 0 radical (unpaired) electrons. The van der Waals surface area contributed by atoms with E-state index in [2.05, 4.69) is 15.2 Å². The van der Waals surface area contributed by atoms with Crippen molar-refractivity contribution in [2.24, 2.45) is 0 Å². The fourth-order valence-electron chi connectivity index (χ4n) is 3.60. The van der Waals surface area contributed by atoms with Gasteiger partial charge in [0, 0.05) is 30.6 Å². The number of benzene rings is 1. The minimum absolute atomic E-state index is 0.0169. The smallest absolute Gasteiger partial charge is 0.251 e. The van der Waals surface area contributed by atoms with Crippen molar-refractivity contribution in [1.29, 1.82) is 0 Å². The van der Waals surface area contributed by atoms with Gasteiger partial charge in [0.15, 0.2) is 0 Å². The Hall–Kier alpha value is -2.14. The summed E-state index contributed by atoms with van der Waals surface area (Å²) in [6.07, 6.45) is 5.98. The number of carbonyl (C=O) groups excluding carboxylic acids is 1. The number of aryl methyl sites for hydroxylation is 2. The first-order valence-corrected chi connectivity index (χ1v) is 9.73. The Morgan fingerprint density at radius 2 is 1.92 bits per heavy atom. The standard InChI is InChI=1S/C21H29N3O2/c1-16-6-7-17-15-18(21(26)23-19(17)14-16)8-9-20(25)22-10-13-24-11-4-2-3-5-12-24/h6-7,14-15H,2-5,8-13H2,1H3,(H,22,25)(H,23,26). The summed E-state index contributed by atoms with van der Waals surface area (Å²) in [5.74, 6) is 0.0169. The molecule has 1 amide bonds. The van der Waals surface area contributed by atoms with Crippen LogP contribution in [0.5, 0.6) is 0 Å². The van der Waals surface area contributed by atoms with Crippen LogP contribution in [0.15, 0.2) is 29.1 Å². The molecular weight excluding hydrogens is 326 g/mol. The van der Waals surface area contributed by atoms with Gasteiger partial charge in [-0.25, -0.2) is 0 Å². The van der Waals surface area contributed by atoms with Crippen LogP contribution in [0.3, 0.4) is 0 Å². The molecule has 1 aromatic heterocycles. The molecule has 1 aliphatic heterocycles. The van der Waals surface area contributed by atoms with Crippen LogP contribution in [0.25, 0.3) is 10.9 Å². The first kappa shape index (κ1) is 18.6. The summed E-state index contributed by atoms with van der Waals surface area (Å²) in [6, 6.07) is 7.90. The predicted molar refractivity (Wildman–Crippen MR) is 106 cm³/mol. The van der Waals surface area contributed by atoms with Gasteiger partial charge in [0.05, 0.1) is 0 Å². The van der Waals surface area contributed by atoms with Crippen LogP contribution in [0.4, 0.5) is 0 Å². The summed E-state index contributed by atoms with van der Waals surface area (Å²) in [5.41, 5.74) is 2.54. The molecule has 0 spiro atoms.